The SMILES string of the molecule is CC(C)(C)c1ccnc(-c2[c-]cccc2)n1.CC(C)c1cc(-c2ccccc2)cc(C(C)C)c1-n1c(-c2[c-]ccc3c2oc2c4ccc(C#N)cc4ccc32)nc2ccc3ccccc3c21.[Ir]. The van der Waals surface area contributed by atoms with Gasteiger partial charge in [-0.2, -0.15) is 5.26 Å². The second-order valence-electron chi connectivity index (χ2n) is 18.6. The summed E-state index contributed by atoms with van der Waals surface area (Å²) in [5.74, 6) is 2.02. The van der Waals surface area contributed by atoms with E-state index in [1.54, 1.807) is 0 Å². The Hall–Kier alpha value is -7.23. The zero-order chi connectivity index (χ0) is 45.7. The maximum Gasteiger partial charge on any atom is 0.128 e. The van der Waals surface area contributed by atoms with Gasteiger partial charge in [-0.25, -0.2) is 0 Å². The van der Waals surface area contributed by atoms with Crippen LogP contribution in [0.3, 0.4) is 0 Å². The van der Waals surface area contributed by atoms with E-state index in [9.17, 15) is 5.26 Å². The molecule has 0 saturated heterocycles. The van der Waals surface area contributed by atoms with Gasteiger partial charge < -0.3 is 8.98 Å². The summed E-state index contributed by atoms with van der Waals surface area (Å²) < 4.78 is 9.26. The molecule has 1 radical (unpaired) electrons. The molecule has 11 rings (SSSR count). The molecule has 0 aliphatic rings. The first-order chi connectivity index (χ1) is 32.0. The first-order valence-corrected chi connectivity index (χ1v) is 22.6. The third kappa shape index (κ3) is 8.33. The fraction of sp³-hybridized carbons (Fsp3) is 0.167. The molecule has 0 aliphatic heterocycles. The van der Waals surface area contributed by atoms with Crippen molar-refractivity contribution >= 4 is 54.5 Å². The first kappa shape index (κ1) is 44.9. The van der Waals surface area contributed by atoms with Gasteiger partial charge in [0, 0.05) is 59.3 Å². The average Bonchev–Trinajstić information content (AvgIpc) is 3.93. The monoisotopic (exact) mass is 1050 g/mol. The molecule has 7 heteroatoms. The summed E-state index contributed by atoms with van der Waals surface area (Å²) in [5, 5.41) is 15.8. The molecule has 0 fully saturated rings. The molecule has 0 saturated carbocycles. The van der Waals surface area contributed by atoms with Crippen LogP contribution in [0.5, 0.6) is 0 Å². The maximum absolute atomic E-state index is 9.53. The zero-order valence-electron chi connectivity index (χ0n) is 38.6. The molecule has 0 unspecified atom stereocenters. The Morgan fingerprint density at radius 1 is 0.627 bits per heavy atom. The molecule has 0 bridgehead atoms. The molecule has 11 aromatic rings. The van der Waals surface area contributed by atoms with E-state index in [0.29, 0.717) is 5.56 Å². The van der Waals surface area contributed by atoms with Crippen LogP contribution in [0.1, 0.15) is 82.7 Å². The van der Waals surface area contributed by atoms with Gasteiger partial charge in [-0.05, 0) is 87.3 Å². The first-order valence-electron chi connectivity index (χ1n) is 22.6. The predicted octanol–water partition coefficient (Wildman–Crippen LogP) is 15.7. The molecule has 67 heavy (non-hydrogen) atoms. The molecule has 0 spiro atoms. The number of benzene rings is 8. The van der Waals surface area contributed by atoms with Crippen LogP contribution in [0.25, 0.3) is 94.1 Å². The van der Waals surface area contributed by atoms with Gasteiger partial charge in [-0.3, -0.25) is 15.0 Å². The standard InChI is InChI=1S/C46H34N3O.C14H15N2.Ir/c1-27(2)39-24-33(30-11-6-5-7-12-30)25-40(28(3)4)42(39)49-43-34-14-9-8-13-31(34)19-22-41(43)48-46(49)38-16-10-15-36-37-21-18-32-23-29(26-47)17-20-35(32)44(37)50-45(36)38;1-14(2,3)12-9-10-15-13(16-12)11-7-5-4-6-8-11;/h5-15,17-25,27-28H,1-4H3;4-7,9-10H,1-3H3;/q2*-1;. The van der Waals surface area contributed by atoms with Crippen LogP contribution in [0, 0.1) is 23.5 Å². The molecule has 3 heterocycles. The van der Waals surface area contributed by atoms with Gasteiger partial charge in [-0.1, -0.05) is 132 Å². The van der Waals surface area contributed by atoms with E-state index in [0.717, 1.165) is 77.6 Å². The van der Waals surface area contributed by atoms with Crippen molar-refractivity contribution in [3.8, 4) is 45.7 Å². The van der Waals surface area contributed by atoms with Crippen molar-refractivity contribution in [2.75, 3.05) is 0 Å². The molecule has 0 atom stereocenters. The van der Waals surface area contributed by atoms with Gasteiger partial charge in [0.1, 0.15) is 5.58 Å². The minimum Gasteiger partial charge on any atom is -0.500 e. The van der Waals surface area contributed by atoms with E-state index in [2.05, 4.69) is 178 Å². The number of hydrogen-bond acceptors (Lipinski definition) is 5. The van der Waals surface area contributed by atoms with Gasteiger partial charge in [0.2, 0.25) is 0 Å². The number of rotatable bonds is 6. The Balaban J connectivity index is 0.000000281. The fourth-order valence-electron chi connectivity index (χ4n) is 9.04. The van der Waals surface area contributed by atoms with Crippen molar-refractivity contribution in [1.82, 2.24) is 19.5 Å². The fourth-order valence-corrected chi connectivity index (χ4v) is 9.04. The van der Waals surface area contributed by atoms with Crippen molar-refractivity contribution in [3.05, 3.63) is 192 Å². The topological polar surface area (TPSA) is 80.5 Å². The van der Waals surface area contributed by atoms with E-state index in [4.69, 9.17) is 9.40 Å². The van der Waals surface area contributed by atoms with Gasteiger partial charge in [0.05, 0.1) is 39.9 Å². The number of fused-ring (bicyclic) bond motifs is 8. The maximum atomic E-state index is 9.53. The summed E-state index contributed by atoms with van der Waals surface area (Å²) in [6.45, 7) is 15.6. The minimum atomic E-state index is 0. The molecular formula is C60H49IrN5O-2. The van der Waals surface area contributed by atoms with E-state index in [1.165, 1.54) is 33.3 Å². The summed E-state index contributed by atoms with van der Waals surface area (Å²) in [5.41, 5.74) is 13.1. The van der Waals surface area contributed by atoms with Crippen LogP contribution in [0.15, 0.2) is 162 Å². The molecule has 0 N–H and O–H groups in total. The van der Waals surface area contributed by atoms with Crippen molar-refractivity contribution in [3.63, 3.8) is 0 Å². The second kappa shape index (κ2) is 18.2. The number of hydrogen-bond donors (Lipinski definition) is 0. The van der Waals surface area contributed by atoms with Crippen LogP contribution in [0.4, 0.5) is 0 Å². The van der Waals surface area contributed by atoms with Crippen molar-refractivity contribution in [2.45, 2.75) is 65.7 Å². The Morgan fingerprint density at radius 2 is 1.33 bits per heavy atom. The molecule has 8 aromatic carbocycles. The van der Waals surface area contributed by atoms with E-state index in [-0.39, 0.29) is 37.4 Å². The number of furan rings is 1. The second-order valence-corrected chi connectivity index (χ2v) is 18.6. The Morgan fingerprint density at radius 3 is 2.04 bits per heavy atom. The predicted molar refractivity (Wildman–Crippen MR) is 271 cm³/mol. The normalized spacial score (nSPS) is 11.6. The smallest absolute Gasteiger partial charge is 0.128 e. The van der Waals surface area contributed by atoms with Crippen LogP contribution < -0.4 is 0 Å². The molecule has 0 amide bonds. The number of nitrogens with zero attached hydrogens (tertiary/aromatic N) is 5. The summed E-state index contributed by atoms with van der Waals surface area (Å²) in [4.78, 5) is 14.3. The van der Waals surface area contributed by atoms with Crippen molar-refractivity contribution in [2.24, 2.45) is 0 Å². The van der Waals surface area contributed by atoms with E-state index < -0.39 is 0 Å². The van der Waals surface area contributed by atoms with Gasteiger partial charge >= 0.3 is 0 Å². The molecule has 3 aromatic heterocycles. The van der Waals surface area contributed by atoms with Gasteiger partial charge in [0.25, 0.3) is 0 Å². The van der Waals surface area contributed by atoms with Crippen LogP contribution in [0.2, 0.25) is 0 Å². The molecule has 6 nitrogen and oxygen atoms in total. The average molecular weight is 1050 g/mol. The quantitative estimate of drug-likeness (QED) is 0.155. The Labute approximate surface area is 405 Å². The summed E-state index contributed by atoms with van der Waals surface area (Å²) >= 11 is 0. The van der Waals surface area contributed by atoms with Crippen LogP contribution in [-0.4, -0.2) is 19.5 Å². The summed E-state index contributed by atoms with van der Waals surface area (Å²) in [7, 11) is 0. The number of aromatic nitrogens is 4. The summed E-state index contributed by atoms with van der Waals surface area (Å²) in [6.07, 6.45) is 1.81. The van der Waals surface area contributed by atoms with Crippen molar-refractivity contribution in [1.29, 1.82) is 5.26 Å². The third-order valence-electron chi connectivity index (χ3n) is 12.4. The Bertz CT molecular complexity index is 3620. The van der Waals surface area contributed by atoms with E-state index in [1.807, 2.05) is 60.8 Å². The number of nitriles is 1. The third-order valence-corrected chi connectivity index (χ3v) is 12.4. The van der Waals surface area contributed by atoms with Crippen LogP contribution in [-0.2, 0) is 25.5 Å². The van der Waals surface area contributed by atoms with Gasteiger partial charge in [-0.15, -0.1) is 54.1 Å². The van der Waals surface area contributed by atoms with Crippen LogP contribution >= 0.6 is 0 Å². The molecular weight excluding hydrogens is 999 g/mol. The summed E-state index contributed by atoms with van der Waals surface area (Å²) in [6, 6.07) is 61.0. The molecule has 0 aliphatic carbocycles. The van der Waals surface area contributed by atoms with E-state index >= 15 is 0 Å². The van der Waals surface area contributed by atoms with Gasteiger partial charge in [0.15, 0.2) is 0 Å². The number of imidazole rings is 1. The van der Waals surface area contributed by atoms with Crippen molar-refractivity contribution < 1.29 is 24.5 Å². The molecule has 331 valence electrons. The Kier molecular flexibility index (Phi) is 12.2. The minimum absolute atomic E-state index is 0. The zero-order valence-corrected chi connectivity index (χ0v) is 41.0. The largest absolute Gasteiger partial charge is 0.500 e.